The number of rotatable bonds is 5. The molecular weight excluding hydrogens is 362 g/mol. The molecule has 0 saturated carbocycles. The molecule has 1 aromatic heterocycles. The fourth-order valence-corrected chi connectivity index (χ4v) is 4.33. The molecule has 0 amide bonds. The number of halogens is 1. The molecule has 1 fully saturated rings. The first-order valence-electron chi connectivity index (χ1n) is 6.61. The molecule has 0 aromatic carbocycles. The molecule has 1 aliphatic rings. The first-order chi connectivity index (χ1) is 9.83. The predicted octanol–water partition coefficient (Wildman–Crippen LogP) is 0.0585. The molecule has 1 unspecified atom stereocenters. The lowest BCUT2D eigenvalue weighted by atomic mass is 10.2. The van der Waals surface area contributed by atoms with Gasteiger partial charge in [0.25, 0.3) is 0 Å². The van der Waals surface area contributed by atoms with Crippen LogP contribution in [0.2, 0.25) is 0 Å². The van der Waals surface area contributed by atoms with Crippen LogP contribution in [0, 0.1) is 0 Å². The Morgan fingerprint density at radius 1 is 1.48 bits per heavy atom. The average Bonchev–Trinajstić information content (AvgIpc) is 2.82. The summed E-state index contributed by atoms with van der Waals surface area (Å²) < 4.78 is 32.4. The van der Waals surface area contributed by atoms with Crippen molar-refractivity contribution in [1.82, 2.24) is 14.5 Å². The molecule has 7 nitrogen and oxygen atoms in total. The fourth-order valence-electron chi connectivity index (χ4n) is 2.26. The van der Waals surface area contributed by atoms with Crippen molar-refractivity contribution < 1.29 is 17.9 Å². The predicted molar refractivity (Wildman–Crippen MR) is 81.4 cm³/mol. The van der Waals surface area contributed by atoms with Gasteiger partial charge in [0.05, 0.1) is 0 Å². The molecule has 2 rings (SSSR count). The van der Waals surface area contributed by atoms with E-state index in [2.05, 4.69) is 30.5 Å². The van der Waals surface area contributed by atoms with Gasteiger partial charge in [0.1, 0.15) is 17.3 Å². The molecule has 1 atom stereocenters. The number of nitrogens with one attached hydrogen (secondary N) is 1. The topological polar surface area (TPSA) is 86.0 Å². The second kappa shape index (κ2) is 6.76. The van der Waals surface area contributed by atoms with Crippen LogP contribution < -0.4 is 4.72 Å². The Kier molecular flexibility index (Phi) is 5.44. The van der Waals surface area contributed by atoms with E-state index < -0.39 is 10.0 Å². The lowest BCUT2D eigenvalue weighted by Crippen LogP contribution is -2.54. The van der Waals surface area contributed by atoms with Gasteiger partial charge < -0.3 is 14.4 Å². The molecule has 21 heavy (non-hydrogen) atoms. The van der Waals surface area contributed by atoms with Crippen molar-refractivity contribution in [3.63, 3.8) is 0 Å². The van der Waals surface area contributed by atoms with Gasteiger partial charge in [0.15, 0.2) is 4.67 Å². The zero-order valence-electron chi connectivity index (χ0n) is 12.0. The van der Waals surface area contributed by atoms with Gasteiger partial charge in [-0.05, 0) is 30.0 Å². The largest absolute Gasteiger partial charge is 0.450 e. The summed E-state index contributed by atoms with van der Waals surface area (Å²) in [6, 6.07) is 1.45. The van der Waals surface area contributed by atoms with E-state index in [0.717, 1.165) is 19.6 Å². The van der Waals surface area contributed by atoms with Crippen LogP contribution in [0.25, 0.3) is 0 Å². The molecular formula is C12H20BrN3O4S. The van der Waals surface area contributed by atoms with Crippen LogP contribution in [0.1, 0.15) is 5.76 Å². The van der Waals surface area contributed by atoms with Gasteiger partial charge in [-0.15, -0.1) is 0 Å². The molecule has 120 valence electrons. The standard InChI is InChI=1S/C12H20BrN3O4S/c1-15-3-4-16(2)9(7-15)6-14-21(18,19)11-5-10(8-17)20-12(11)13/h5,9,14,17H,3-4,6-8H2,1-2H3. The lowest BCUT2D eigenvalue weighted by molar-refractivity contribution is 0.117. The Morgan fingerprint density at radius 3 is 2.81 bits per heavy atom. The SMILES string of the molecule is CN1CCN(C)C(CNS(=O)(=O)c2cc(CO)oc2Br)C1. The summed E-state index contributed by atoms with van der Waals surface area (Å²) in [5.74, 6) is 0.205. The van der Waals surface area contributed by atoms with Crippen molar-refractivity contribution in [1.29, 1.82) is 0 Å². The van der Waals surface area contributed by atoms with Crippen molar-refractivity contribution in [3.8, 4) is 0 Å². The number of furan rings is 1. The minimum Gasteiger partial charge on any atom is -0.450 e. The van der Waals surface area contributed by atoms with E-state index in [0.29, 0.717) is 6.54 Å². The number of aliphatic hydroxyl groups excluding tert-OH is 1. The molecule has 0 radical (unpaired) electrons. The maximum Gasteiger partial charge on any atom is 0.245 e. The highest BCUT2D eigenvalue weighted by Crippen LogP contribution is 2.26. The molecule has 0 aliphatic carbocycles. The molecule has 0 bridgehead atoms. The number of sulfonamides is 1. The van der Waals surface area contributed by atoms with E-state index in [1.807, 2.05) is 14.1 Å². The second-order valence-corrected chi connectivity index (χ2v) is 7.71. The van der Waals surface area contributed by atoms with Gasteiger partial charge in [-0.3, -0.25) is 4.90 Å². The summed E-state index contributed by atoms with van der Waals surface area (Å²) in [7, 11) is 0.345. The normalized spacial score (nSPS) is 21.8. The quantitative estimate of drug-likeness (QED) is 0.749. The molecule has 1 saturated heterocycles. The minimum absolute atomic E-state index is 0.0124. The summed E-state index contributed by atoms with van der Waals surface area (Å²) in [5, 5.41) is 9.00. The Bertz CT molecular complexity index is 589. The molecule has 1 aromatic rings. The Morgan fingerprint density at radius 2 is 2.19 bits per heavy atom. The van der Waals surface area contributed by atoms with Crippen molar-refractivity contribution in [3.05, 3.63) is 16.5 Å². The van der Waals surface area contributed by atoms with E-state index >= 15 is 0 Å². The van der Waals surface area contributed by atoms with E-state index in [-0.39, 0.29) is 28.0 Å². The Balaban J connectivity index is 2.05. The van der Waals surface area contributed by atoms with Crippen LogP contribution in [0.15, 0.2) is 20.0 Å². The van der Waals surface area contributed by atoms with E-state index in [9.17, 15) is 8.42 Å². The van der Waals surface area contributed by atoms with Crippen molar-refractivity contribution >= 4 is 26.0 Å². The van der Waals surface area contributed by atoms with Crippen molar-refractivity contribution in [2.45, 2.75) is 17.5 Å². The molecule has 9 heteroatoms. The van der Waals surface area contributed by atoms with Crippen LogP contribution >= 0.6 is 15.9 Å². The molecule has 0 spiro atoms. The van der Waals surface area contributed by atoms with E-state index in [4.69, 9.17) is 9.52 Å². The molecule has 1 aliphatic heterocycles. The summed E-state index contributed by atoms with van der Waals surface area (Å²) in [4.78, 5) is 4.33. The summed E-state index contributed by atoms with van der Waals surface area (Å²) in [6.45, 7) is 2.69. The van der Waals surface area contributed by atoms with Gasteiger partial charge in [-0.2, -0.15) is 0 Å². The second-order valence-electron chi connectivity index (χ2n) is 5.26. The third-order valence-corrected chi connectivity index (χ3v) is 5.92. The summed E-state index contributed by atoms with van der Waals surface area (Å²) in [5.41, 5.74) is 0. The van der Waals surface area contributed by atoms with Gasteiger partial charge in [-0.1, -0.05) is 0 Å². The number of aliphatic hydroxyl groups is 1. The lowest BCUT2D eigenvalue weighted by Gasteiger charge is -2.37. The highest BCUT2D eigenvalue weighted by molar-refractivity contribution is 9.10. The van der Waals surface area contributed by atoms with Crippen LogP contribution in [0.3, 0.4) is 0 Å². The maximum absolute atomic E-state index is 12.3. The van der Waals surface area contributed by atoms with Crippen molar-refractivity contribution in [2.24, 2.45) is 0 Å². The van der Waals surface area contributed by atoms with E-state index in [1.54, 1.807) is 0 Å². The smallest absolute Gasteiger partial charge is 0.245 e. The van der Waals surface area contributed by atoms with E-state index in [1.165, 1.54) is 6.07 Å². The Labute approximate surface area is 133 Å². The van der Waals surface area contributed by atoms with Crippen molar-refractivity contribution in [2.75, 3.05) is 40.3 Å². The number of likely N-dealkylation sites (N-methyl/N-ethyl adjacent to an activating group) is 2. The number of piperazine rings is 1. The first kappa shape index (κ1) is 16.9. The van der Waals surface area contributed by atoms with Crippen LogP contribution in [-0.4, -0.2) is 69.6 Å². The molecule has 2 N–H and O–H groups in total. The van der Waals surface area contributed by atoms with Gasteiger partial charge in [0.2, 0.25) is 10.0 Å². The van der Waals surface area contributed by atoms with Crippen LogP contribution in [0.5, 0.6) is 0 Å². The van der Waals surface area contributed by atoms with Gasteiger partial charge >= 0.3 is 0 Å². The Hall–Kier alpha value is -0.450. The number of hydrogen-bond donors (Lipinski definition) is 2. The minimum atomic E-state index is -3.67. The summed E-state index contributed by atoms with van der Waals surface area (Å²) in [6.07, 6.45) is 0. The molecule has 2 heterocycles. The van der Waals surface area contributed by atoms with Gasteiger partial charge in [0, 0.05) is 38.3 Å². The van der Waals surface area contributed by atoms with Gasteiger partial charge in [-0.25, -0.2) is 13.1 Å². The first-order valence-corrected chi connectivity index (χ1v) is 8.88. The third-order valence-electron chi connectivity index (χ3n) is 3.64. The zero-order chi connectivity index (χ0) is 15.6. The maximum atomic E-state index is 12.3. The summed E-state index contributed by atoms with van der Waals surface area (Å²) >= 11 is 3.07. The highest BCUT2D eigenvalue weighted by Gasteiger charge is 2.26. The zero-order valence-corrected chi connectivity index (χ0v) is 14.4. The highest BCUT2D eigenvalue weighted by atomic mass is 79.9. The monoisotopic (exact) mass is 381 g/mol. The fraction of sp³-hybridized carbons (Fsp3) is 0.667. The number of hydrogen-bond acceptors (Lipinski definition) is 6. The van der Waals surface area contributed by atoms with Crippen LogP contribution in [0.4, 0.5) is 0 Å². The number of nitrogens with zero attached hydrogens (tertiary/aromatic N) is 2. The average molecular weight is 382 g/mol. The van der Waals surface area contributed by atoms with Crippen LogP contribution in [-0.2, 0) is 16.6 Å². The third kappa shape index (κ3) is 4.05.